The zero-order chi connectivity index (χ0) is 13.8. The third-order valence-electron chi connectivity index (χ3n) is 3.12. The Kier molecular flexibility index (Phi) is 3.99. The second-order valence-corrected chi connectivity index (χ2v) is 4.32. The summed E-state index contributed by atoms with van der Waals surface area (Å²) in [6.07, 6.45) is 2.78. The van der Waals surface area contributed by atoms with Crippen molar-refractivity contribution in [3.05, 3.63) is 34.2 Å². The Hall–Kier alpha value is -2.11. The normalized spacial score (nSPS) is 18.4. The van der Waals surface area contributed by atoms with Crippen molar-refractivity contribution < 1.29 is 14.3 Å². The predicted molar refractivity (Wildman–Crippen MR) is 67.8 cm³/mol. The number of esters is 1. The van der Waals surface area contributed by atoms with Crippen LogP contribution >= 0.6 is 0 Å². The highest BCUT2D eigenvalue weighted by atomic mass is 16.5. The molecule has 0 saturated carbocycles. The lowest BCUT2D eigenvalue weighted by atomic mass is 10.2. The van der Waals surface area contributed by atoms with Gasteiger partial charge in [-0.05, 0) is 31.9 Å². The highest BCUT2D eigenvalue weighted by Crippen LogP contribution is 2.20. The molecule has 1 N–H and O–H groups in total. The summed E-state index contributed by atoms with van der Waals surface area (Å²) in [6, 6.07) is 2.47. The number of H-pyrrole nitrogens is 1. The lowest BCUT2D eigenvalue weighted by molar-refractivity contribution is -0.147. The van der Waals surface area contributed by atoms with Crippen LogP contribution in [0.1, 0.15) is 30.1 Å². The van der Waals surface area contributed by atoms with Crippen molar-refractivity contribution in [1.29, 1.82) is 0 Å². The van der Waals surface area contributed by atoms with Gasteiger partial charge in [-0.2, -0.15) is 0 Å². The molecular weight excluding hydrogens is 248 g/mol. The van der Waals surface area contributed by atoms with E-state index in [-0.39, 0.29) is 12.2 Å². The number of hydrogen-bond donors (Lipinski definition) is 1. The van der Waals surface area contributed by atoms with E-state index in [0.717, 1.165) is 6.42 Å². The molecule has 1 atom stereocenters. The van der Waals surface area contributed by atoms with Crippen molar-refractivity contribution in [1.82, 2.24) is 9.88 Å². The van der Waals surface area contributed by atoms with E-state index in [9.17, 15) is 14.4 Å². The van der Waals surface area contributed by atoms with Crippen LogP contribution in [0.4, 0.5) is 0 Å². The van der Waals surface area contributed by atoms with Gasteiger partial charge in [0, 0.05) is 12.7 Å². The van der Waals surface area contributed by atoms with Crippen LogP contribution in [0.5, 0.6) is 0 Å². The van der Waals surface area contributed by atoms with Gasteiger partial charge in [-0.15, -0.1) is 0 Å². The van der Waals surface area contributed by atoms with Gasteiger partial charge in [0.1, 0.15) is 11.6 Å². The summed E-state index contributed by atoms with van der Waals surface area (Å²) in [5.74, 6) is -0.821. The maximum absolute atomic E-state index is 12.3. The summed E-state index contributed by atoms with van der Waals surface area (Å²) in [7, 11) is 0. The summed E-state index contributed by atoms with van der Waals surface area (Å²) < 4.78 is 4.95. The Balaban J connectivity index is 2.21. The number of aromatic nitrogens is 1. The van der Waals surface area contributed by atoms with Crippen LogP contribution in [0.15, 0.2) is 23.1 Å². The molecule has 1 aliphatic rings. The Labute approximate surface area is 110 Å². The van der Waals surface area contributed by atoms with E-state index < -0.39 is 23.5 Å². The molecular formula is C13H16N2O4. The molecule has 1 amide bonds. The number of rotatable bonds is 3. The first-order valence-electron chi connectivity index (χ1n) is 6.30. The van der Waals surface area contributed by atoms with Crippen LogP contribution in [0.2, 0.25) is 0 Å². The molecule has 6 nitrogen and oxygen atoms in total. The lowest BCUT2D eigenvalue weighted by Crippen LogP contribution is -2.43. The van der Waals surface area contributed by atoms with Crippen molar-refractivity contribution in [3.8, 4) is 0 Å². The quantitative estimate of drug-likeness (QED) is 0.808. The predicted octanol–water partition coefficient (Wildman–Crippen LogP) is 0.543. The smallest absolute Gasteiger partial charge is 0.328 e. The molecule has 1 unspecified atom stereocenters. The van der Waals surface area contributed by atoms with E-state index in [1.54, 1.807) is 13.0 Å². The third kappa shape index (κ3) is 2.67. The largest absolute Gasteiger partial charge is 0.464 e. The molecule has 2 rings (SSSR count). The summed E-state index contributed by atoms with van der Waals surface area (Å²) >= 11 is 0. The van der Waals surface area contributed by atoms with Gasteiger partial charge >= 0.3 is 5.97 Å². The van der Waals surface area contributed by atoms with Crippen LogP contribution in [0.3, 0.4) is 0 Å². The van der Waals surface area contributed by atoms with Crippen molar-refractivity contribution in [2.24, 2.45) is 0 Å². The number of nitrogens with one attached hydrogen (secondary N) is 1. The van der Waals surface area contributed by atoms with Crippen molar-refractivity contribution in [2.45, 2.75) is 25.8 Å². The van der Waals surface area contributed by atoms with E-state index in [2.05, 4.69) is 4.98 Å². The van der Waals surface area contributed by atoms with Crippen molar-refractivity contribution in [2.75, 3.05) is 13.2 Å². The van der Waals surface area contributed by atoms with Crippen molar-refractivity contribution in [3.63, 3.8) is 0 Å². The molecule has 0 radical (unpaired) electrons. The van der Waals surface area contributed by atoms with Crippen LogP contribution in [-0.2, 0) is 9.53 Å². The molecule has 1 aromatic rings. The van der Waals surface area contributed by atoms with Gasteiger partial charge in [-0.3, -0.25) is 9.59 Å². The van der Waals surface area contributed by atoms with Crippen LogP contribution < -0.4 is 5.56 Å². The van der Waals surface area contributed by atoms with Gasteiger partial charge in [-0.25, -0.2) is 4.79 Å². The maximum atomic E-state index is 12.3. The Bertz CT molecular complexity index is 537. The number of nitrogens with zero attached hydrogens (tertiary/aromatic N) is 1. The summed E-state index contributed by atoms with van der Waals surface area (Å²) in [4.78, 5) is 39.5. The lowest BCUT2D eigenvalue weighted by Gasteiger charge is -2.22. The number of ether oxygens (including phenoxy) is 1. The fraction of sp³-hybridized carbons (Fsp3) is 0.462. The molecule has 102 valence electrons. The van der Waals surface area contributed by atoms with Crippen LogP contribution in [-0.4, -0.2) is 41.0 Å². The van der Waals surface area contributed by atoms with Crippen molar-refractivity contribution >= 4 is 11.9 Å². The van der Waals surface area contributed by atoms with Crippen LogP contribution in [0, 0.1) is 0 Å². The van der Waals surface area contributed by atoms with E-state index in [1.807, 2.05) is 0 Å². The fourth-order valence-corrected chi connectivity index (χ4v) is 2.24. The molecule has 0 aromatic carbocycles. The Morgan fingerprint density at radius 1 is 1.53 bits per heavy atom. The summed E-state index contributed by atoms with van der Waals surface area (Å²) in [5, 5.41) is 0. The second-order valence-electron chi connectivity index (χ2n) is 4.32. The van der Waals surface area contributed by atoms with Crippen LogP contribution in [0.25, 0.3) is 0 Å². The number of carbonyl (C=O) groups excluding carboxylic acids is 2. The SMILES string of the molecule is CCOC(=O)C1CCCN1C(=O)c1ccc[nH]c1=O. The number of pyridine rings is 1. The molecule has 0 spiro atoms. The first kappa shape index (κ1) is 13.3. The molecule has 19 heavy (non-hydrogen) atoms. The van der Waals surface area contributed by atoms with Gasteiger partial charge in [0.25, 0.3) is 11.5 Å². The highest BCUT2D eigenvalue weighted by Gasteiger charge is 2.36. The molecule has 1 aliphatic heterocycles. The average molecular weight is 264 g/mol. The summed E-state index contributed by atoms with van der Waals surface area (Å²) in [5.41, 5.74) is -0.388. The standard InChI is InChI=1S/C13H16N2O4/c1-2-19-13(18)10-6-4-8-15(10)12(17)9-5-3-7-14-11(9)16/h3,5,7,10H,2,4,6,8H2,1H3,(H,14,16). The number of carbonyl (C=O) groups is 2. The molecule has 1 saturated heterocycles. The van der Waals surface area contributed by atoms with E-state index in [0.29, 0.717) is 13.0 Å². The average Bonchev–Trinajstić information content (AvgIpc) is 2.88. The minimum Gasteiger partial charge on any atom is -0.464 e. The third-order valence-corrected chi connectivity index (χ3v) is 3.12. The molecule has 0 aliphatic carbocycles. The number of aromatic amines is 1. The molecule has 1 aromatic heterocycles. The zero-order valence-electron chi connectivity index (χ0n) is 10.7. The molecule has 0 bridgehead atoms. The molecule has 2 heterocycles. The minimum atomic E-state index is -0.577. The van der Waals surface area contributed by atoms with Gasteiger partial charge in [0.05, 0.1) is 6.61 Å². The summed E-state index contributed by atoms with van der Waals surface area (Å²) in [6.45, 7) is 2.47. The van der Waals surface area contributed by atoms with Gasteiger partial charge in [0.15, 0.2) is 0 Å². The maximum Gasteiger partial charge on any atom is 0.328 e. The Morgan fingerprint density at radius 3 is 3.00 bits per heavy atom. The molecule has 1 fully saturated rings. The fourth-order valence-electron chi connectivity index (χ4n) is 2.24. The second kappa shape index (κ2) is 5.69. The van der Waals surface area contributed by atoms with Gasteiger partial charge < -0.3 is 14.6 Å². The zero-order valence-corrected chi connectivity index (χ0v) is 10.7. The highest BCUT2D eigenvalue weighted by molar-refractivity contribution is 5.96. The minimum absolute atomic E-state index is 0.0544. The topological polar surface area (TPSA) is 79.5 Å². The molecule has 6 heteroatoms. The number of amides is 1. The first-order chi connectivity index (χ1) is 9.15. The Morgan fingerprint density at radius 2 is 2.32 bits per heavy atom. The number of likely N-dealkylation sites (tertiary alicyclic amines) is 1. The van der Waals surface area contributed by atoms with E-state index in [4.69, 9.17) is 4.74 Å². The first-order valence-corrected chi connectivity index (χ1v) is 6.30. The van der Waals surface area contributed by atoms with E-state index in [1.165, 1.54) is 17.2 Å². The van der Waals surface area contributed by atoms with Gasteiger partial charge in [-0.1, -0.05) is 0 Å². The number of hydrogen-bond acceptors (Lipinski definition) is 4. The monoisotopic (exact) mass is 264 g/mol. The van der Waals surface area contributed by atoms with E-state index >= 15 is 0 Å². The van der Waals surface area contributed by atoms with Gasteiger partial charge in [0.2, 0.25) is 0 Å².